The van der Waals surface area contributed by atoms with Crippen LogP contribution in [0.1, 0.15) is 30.1 Å². The number of carbonyl (C=O) groups excluding carboxylic acids is 1. The molecule has 0 atom stereocenters. The third-order valence-electron chi connectivity index (χ3n) is 5.20. The SMILES string of the molecule is COc1cccc(CN(C)C(=O)CSc2nc(C3CC3)n(-c3ccccc3)n2)c1OC. The van der Waals surface area contributed by atoms with Crippen molar-refractivity contribution in [3.05, 3.63) is 59.9 Å². The van der Waals surface area contributed by atoms with E-state index in [-0.39, 0.29) is 11.7 Å². The van der Waals surface area contributed by atoms with E-state index in [9.17, 15) is 4.79 Å². The molecule has 2 aromatic carbocycles. The Labute approximate surface area is 186 Å². The maximum atomic E-state index is 12.8. The normalized spacial score (nSPS) is 13.1. The van der Waals surface area contributed by atoms with Crippen molar-refractivity contribution >= 4 is 17.7 Å². The number of methoxy groups -OCH3 is 2. The lowest BCUT2D eigenvalue weighted by Crippen LogP contribution is -2.28. The van der Waals surface area contributed by atoms with Crippen molar-refractivity contribution in [2.24, 2.45) is 0 Å². The number of hydrogen-bond acceptors (Lipinski definition) is 6. The summed E-state index contributed by atoms with van der Waals surface area (Å²) in [5.41, 5.74) is 1.89. The van der Waals surface area contributed by atoms with Gasteiger partial charge < -0.3 is 14.4 Å². The smallest absolute Gasteiger partial charge is 0.233 e. The molecule has 0 N–H and O–H groups in total. The van der Waals surface area contributed by atoms with Crippen LogP contribution in [0.3, 0.4) is 0 Å². The number of ether oxygens (including phenoxy) is 2. The van der Waals surface area contributed by atoms with Crippen LogP contribution in [0.5, 0.6) is 11.5 Å². The maximum absolute atomic E-state index is 12.8. The van der Waals surface area contributed by atoms with E-state index in [4.69, 9.17) is 14.5 Å². The van der Waals surface area contributed by atoms with Gasteiger partial charge in [-0.1, -0.05) is 42.1 Å². The van der Waals surface area contributed by atoms with Gasteiger partial charge in [0.25, 0.3) is 0 Å². The van der Waals surface area contributed by atoms with Crippen LogP contribution in [-0.2, 0) is 11.3 Å². The summed E-state index contributed by atoms with van der Waals surface area (Å²) in [6.07, 6.45) is 2.28. The van der Waals surface area contributed by atoms with Crippen LogP contribution >= 0.6 is 11.8 Å². The fourth-order valence-corrected chi connectivity index (χ4v) is 4.16. The van der Waals surface area contributed by atoms with E-state index in [1.807, 2.05) is 53.2 Å². The van der Waals surface area contributed by atoms with Gasteiger partial charge in [-0.05, 0) is 31.0 Å². The van der Waals surface area contributed by atoms with Crippen molar-refractivity contribution in [2.75, 3.05) is 27.0 Å². The molecule has 0 radical (unpaired) electrons. The molecule has 3 aromatic rings. The molecule has 1 aliphatic carbocycles. The minimum absolute atomic E-state index is 0.00101. The zero-order valence-electron chi connectivity index (χ0n) is 17.9. The summed E-state index contributed by atoms with van der Waals surface area (Å²) in [6.45, 7) is 0.430. The number of rotatable bonds is 9. The summed E-state index contributed by atoms with van der Waals surface area (Å²) in [6, 6.07) is 15.7. The van der Waals surface area contributed by atoms with Crippen LogP contribution in [0.4, 0.5) is 0 Å². The topological polar surface area (TPSA) is 69.5 Å². The second-order valence-electron chi connectivity index (χ2n) is 7.47. The monoisotopic (exact) mass is 438 g/mol. The molecule has 0 bridgehead atoms. The summed E-state index contributed by atoms with van der Waals surface area (Å²) < 4.78 is 12.7. The standard InChI is InChI=1S/C23H26N4O3S/c1-26(14-17-8-7-11-19(29-2)21(17)30-3)20(28)15-31-23-24-22(16-12-13-16)27(25-23)18-9-5-4-6-10-18/h4-11,16H,12-15H2,1-3H3. The number of aromatic nitrogens is 3. The van der Waals surface area contributed by atoms with Crippen LogP contribution in [0, 0.1) is 0 Å². The van der Waals surface area contributed by atoms with E-state index in [1.54, 1.807) is 26.2 Å². The molecule has 8 heteroatoms. The molecular weight excluding hydrogens is 412 g/mol. The van der Waals surface area contributed by atoms with Gasteiger partial charge in [-0.25, -0.2) is 9.67 Å². The maximum Gasteiger partial charge on any atom is 0.233 e. The first kappa shape index (κ1) is 21.2. The fraction of sp³-hybridized carbons (Fsp3) is 0.348. The number of amides is 1. The van der Waals surface area contributed by atoms with Crippen LogP contribution < -0.4 is 9.47 Å². The number of hydrogen-bond donors (Lipinski definition) is 0. The molecule has 1 amide bonds. The number of para-hydroxylation sites is 2. The first-order valence-corrected chi connectivity index (χ1v) is 11.2. The molecule has 0 spiro atoms. The average Bonchev–Trinajstić information content (AvgIpc) is 3.56. The summed E-state index contributed by atoms with van der Waals surface area (Å²) in [5, 5.41) is 5.30. The van der Waals surface area contributed by atoms with E-state index < -0.39 is 0 Å². The van der Waals surface area contributed by atoms with Gasteiger partial charge in [-0.3, -0.25) is 4.79 Å². The molecule has 1 saturated carbocycles. The van der Waals surface area contributed by atoms with Gasteiger partial charge in [0.1, 0.15) is 5.82 Å². The van der Waals surface area contributed by atoms with Crippen molar-refractivity contribution in [1.29, 1.82) is 0 Å². The molecule has 1 aliphatic rings. The largest absolute Gasteiger partial charge is 0.493 e. The number of benzene rings is 2. The fourth-order valence-electron chi connectivity index (χ4n) is 3.39. The predicted octanol–water partition coefficient (Wildman–Crippen LogP) is 3.91. The van der Waals surface area contributed by atoms with E-state index in [2.05, 4.69) is 5.10 Å². The van der Waals surface area contributed by atoms with Gasteiger partial charge in [0.2, 0.25) is 11.1 Å². The predicted molar refractivity (Wildman–Crippen MR) is 120 cm³/mol. The third kappa shape index (κ3) is 4.85. The average molecular weight is 439 g/mol. The lowest BCUT2D eigenvalue weighted by atomic mass is 10.1. The minimum Gasteiger partial charge on any atom is -0.493 e. The second-order valence-corrected chi connectivity index (χ2v) is 8.41. The number of thioether (sulfide) groups is 1. The van der Waals surface area contributed by atoms with Crippen LogP contribution in [-0.4, -0.2) is 52.6 Å². The van der Waals surface area contributed by atoms with Crippen LogP contribution in [0.25, 0.3) is 5.69 Å². The van der Waals surface area contributed by atoms with Gasteiger partial charge in [-0.15, -0.1) is 5.10 Å². The third-order valence-corrected chi connectivity index (χ3v) is 6.02. The van der Waals surface area contributed by atoms with Crippen molar-refractivity contribution in [1.82, 2.24) is 19.7 Å². The van der Waals surface area contributed by atoms with Gasteiger partial charge in [0, 0.05) is 25.1 Å². The molecule has 4 rings (SSSR count). The van der Waals surface area contributed by atoms with Gasteiger partial charge in [0.15, 0.2) is 11.5 Å². The molecule has 7 nitrogen and oxygen atoms in total. The molecule has 0 aliphatic heterocycles. The van der Waals surface area contributed by atoms with Crippen molar-refractivity contribution in [2.45, 2.75) is 30.5 Å². The Kier molecular flexibility index (Phi) is 6.46. The Bertz CT molecular complexity index is 1050. The quantitative estimate of drug-likeness (QED) is 0.472. The number of nitrogens with zero attached hydrogens (tertiary/aromatic N) is 4. The van der Waals surface area contributed by atoms with Crippen molar-refractivity contribution in [3.8, 4) is 17.2 Å². The Morgan fingerprint density at radius 2 is 1.90 bits per heavy atom. The molecule has 162 valence electrons. The molecule has 31 heavy (non-hydrogen) atoms. The first-order valence-electron chi connectivity index (χ1n) is 10.2. The van der Waals surface area contributed by atoms with E-state index >= 15 is 0 Å². The van der Waals surface area contributed by atoms with Crippen molar-refractivity contribution in [3.63, 3.8) is 0 Å². The Morgan fingerprint density at radius 1 is 1.13 bits per heavy atom. The van der Waals surface area contributed by atoms with Crippen LogP contribution in [0.15, 0.2) is 53.7 Å². The van der Waals surface area contributed by atoms with Gasteiger partial charge >= 0.3 is 0 Å². The van der Waals surface area contributed by atoms with Crippen molar-refractivity contribution < 1.29 is 14.3 Å². The lowest BCUT2D eigenvalue weighted by Gasteiger charge is -2.19. The molecule has 1 aromatic heterocycles. The Morgan fingerprint density at radius 3 is 2.58 bits per heavy atom. The first-order chi connectivity index (χ1) is 15.1. The second kappa shape index (κ2) is 9.43. The Balaban J connectivity index is 1.42. The summed E-state index contributed by atoms with van der Waals surface area (Å²) >= 11 is 1.37. The summed E-state index contributed by atoms with van der Waals surface area (Å²) in [5.74, 6) is 3.01. The van der Waals surface area contributed by atoms with E-state index in [0.29, 0.717) is 29.1 Å². The zero-order chi connectivity index (χ0) is 21.8. The molecule has 0 saturated heterocycles. The number of carbonyl (C=O) groups is 1. The van der Waals surface area contributed by atoms with E-state index in [0.717, 1.165) is 29.9 Å². The summed E-state index contributed by atoms with van der Waals surface area (Å²) in [4.78, 5) is 19.2. The highest BCUT2D eigenvalue weighted by Gasteiger charge is 2.30. The highest BCUT2D eigenvalue weighted by molar-refractivity contribution is 7.99. The van der Waals surface area contributed by atoms with Gasteiger partial charge in [0.05, 0.1) is 25.7 Å². The minimum atomic E-state index is -0.00101. The van der Waals surface area contributed by atoms with Crippen LogP contribution in [0.2, 0.25) is 0 Å². The summed E-state index contributed by atoms with van der Waals surface area (Å²) in [7, 11) is 4.99. The lowest BCUT2D eigenvalue weighted by molar-refractivity contribution is -0.127. The molecule has 1 fully saturated rings. The molecule has 1 heterocycles. The van der Waals surface area contributed by atoms with Gasteiger partial charge in [-0.2, -0.15) is 0 Å². The Hall–Kier alpha value is -3.00. The molecule has 0 unspecified atom stereocenters. The zero-order valence-corrected chi connectivity index (χ0v) is 18.8. The molecular formula is C23H26N4O3S. The highest BCUT2D eigenvalue weighted by Crippen LogP contribution is 2.40. The van der Waals surface area contributed by atoms with E-state index in [1.165, 1.54) is 11.8 Å². The highest BCUT2D eigenvalue weighted by atomic mass is 32.2.